The molecule has 0 saturated carbocycles. The molecule has 0 amide bonds. The third kappa shape index (κ3) is 3.45. The molecule has 0 unspecified atom stereocenters. The second kappa shape index (κ2) is 6.47. The van der Waals surface area contributed by atoms with Crippen molar-refractivity contribution < 1.29 is 4.42 Å². The highest BCUT2D eigenvalue weighted by atomic mass is 16.3. The molecule has 21 heavy (non-hydrogen) atoms. The summed E-state index contributed by atoms with van der Waals surface area (Å²) in [7, 11) is 0. The van der Waals surface area contributed by atoms with Crippen LogP contribution in [0.25, 0.3) is 11.3 Å². The van der Waals surface area contributed by atoms with Gasteiger partial charge in [-0.3, -0.25) is 4.90 Å². The molecule has 1 aromatic carbocycles. The minimum Gasteiger partial charge on any atom is -0.444 e. The standard InChI is InChI=1S/C17H19N3O/c1-2-9-20-10-7-16(8-11-20)19-15-5-3-14(4-6-15)17-12-18-13-21-17/h1,3-6,12-13,16,19H,7-11H2. The van der Waals surface area contributed by atoms with E-state index >= 15 is 0 Å². The van der Waals surface area contributed by atoms with Crippen LogP contribution in [0.3, 0.4) is 0 Å². The lowest BCUT2D eigenvalue weighted by molar-refractivity contribution is 0.243. The predicted octanol–water partition coefficient (Wildman–Crippen LogP) is 2.85. The molecule has 1 aromatic heterocycles. The van der Waals surface area contributed by atoms with Crippen LogP contribution in [0.5, 0.6) is 0 Å². The van der Waals surface area contributed by atoms with Crippen LogP contribution in [0.1, 0.15) is 12.8 Å². The van der Waals surface area contributed by atoms with E-state index in [1.807, 2.05) is 0 Å². The Balaban J connectivity index is 1.56. The molecule has 0 atom stereocenters. The fraction of sp³-hybridized carbons (Fsp3) is 0.353. The lowest BCUT2D eigenvalue weighted by atomic mass is 10.0. The van der Waals surface area contributed by atoms with E-state index in [1.54, 1.807) is 6.20 Å². The number of piperidine rings is 1. The molecule has 2 heterocycles. The van der Waals surface area contributed by atoms with Gasteiger partial charge in [-0.2, -0.15) is 0 Å². The predicted molar refractivity (Wildman–Crippen MR) is 83.9 cm³/mol. The average Bonchev–Trinajstić information content (AvgIpc) is 3.05. The van der Waals surface area contributed by atoms with Crippen LogP contribution in [0, 0.1) is 12.3 Å². The smallest absolute Gasteiger partial charge is 0.181 e. The lowest BCUT2D eigenvalue weighted by Crippen LogP contribution is -2.39. The van der Waals surface area contributed by atoms with Gasteiger partial charge in [0.2, 0.25) is 0 Å². The highest BCUT2D eigenvalue weighted by Crippen LogP contribution is 2.22. The molecule has 0 aliphatic carbocycles. The van der Waals surface area contributed by atoms with Gasteiger partial charge >= 0.3 is 0 Å². The van der Waals surface area contributed by atoms with Crippen LogP contribution in [0.4, 0.5) is 5.69 Å². The lowest BCUT2D eigenvalue weighted by Gasteiger charge is -2.31. The first-order chi connectivity index (χ1) is 10.3. The summed E-state index contributed by atoms with van der Waals surface area (Å²) in [5.74, 6) is 3.51. The number of likely N-dealkylation sites (tertiary alicyclic amines) is 1. The van der Waals surface area contributed by atoms with Gasteiger partial charge in [-0.05, 0) is 37.1 Å². The van der Waals surface area contributed by atoms with Crippen LogP contribution in [0.2, 0.25) is 0 Å². The van der Waals surface area contributed by atoms with Crippen molar-refractivity contribution in [2.24, 2.45) is 0 Å². The first-order valence-corrected chi connectivity index (χ1v) is 7.26. The second-order valence-electron chi connectivity index (χ2n) is 5.34. The summed E-state index contributed by atoms with van der Waals surface area (Å²) >= 11 is 0. The summed E-state index contributed by atoms with van der Waals surface area (Å²) in [6.07, 6.45) is 10.8. The van der Waals surface area contributed by atoms with Crippen molar-refractivity contribution in [3.63, 3.8) is 0 Å². The van der Waals surface area contributed by atoms with Crippen molar-refractivity contribution in [3.8, 4) is 23.7 Å². The summed E-state index contributed by atoms with van der Waals surface area (Å²) in [5.41, 5.74) is 2.19. The molecule has 3 rings (SSSR count). The van der Waals surface area contributed by atoms with Crippen LogP contribution in [0.15, 0.2) is 41.3 Å². The van der Waals surface area contributed by atoms with Crippen molar-refractivity contribution in [2.75, 3.05) is 25.0 Å². The van der Waals surface area contributed by atoms with Crippen molar-refractivity contribution in [2.45, 2.75) is 18.9 Å². The number of terminal acetylenes is 1. The molecule has 1 aliphatic rings. The van der Waals surface area contributed by atoms with Gasteiger partial charge in [0.25, 0.3) is 0 Å². The monoisotopic (exact) mass is 281 g/mol. The first kappa shape index (κ1) is 13.7. The molecular formula is C17H19N3O. The second-order valence-corrected chi connectivity index (χ2v) is 5.34. The number of nitrogens with one attached hydrogen (secondary N) is 1. The van der Waals surface area contributed by atoms with E-state index in [9.17, 15) is 0 Å². The normalized spacial score (nSPS) is 16.5. The van der Waals surface area contributed by atoms with Crippen molar-refractivity contribution >= 4 is 5.69 Å². The Bertz CT molecular complexity index is 590. The van der Waals surface area contributed by atoms with Gasteiger partial charge in [0.1, 0.15) is 0 Å². The number of anilines is 1. The van der Waals surface area contributed by atoms with Crippen molar-refractivity contribution in [1.82, 2.24) is 9.88 Å². The van der Waals surface area contributed by atoms with E-state index in [-0.39, 0.29) is 0 Å². The van der Waals surface area contributed by atoms with E-state index in [0.29, 0.717) is 6.04 Å². The van der Waals surface area contributed by atoms with Gasteiger partial charge in [0.05, 0.1) is 12.7 Å². The number of hydrogen-bond acceptors (Lipinski definition) is 4. The van der Waals surface area contributed by atoms with E-state index in [2.05, 4.69) is 45.4 Å². The molecule has 1 N–H and O–H groups in total. The van der Waals surface area contributed by atoms with Gasteiger partial charge in [0.15, 0.2) is 12.2 Å². The molecule has 1 fully saturated rings. The highest BCUT2D eigenvalue weighted by molar-refractivity contribution is 5.60. The van der Waals surface area contributed by atoms with Crippen LogP contribution >= 0.6 is 0 Å². The molecule has 0 spiro atoms. The largest absolute Gasteiger partial charge is 0.444 e. The number of aromatic nitrogens is 1. The van der Waals surface area contributed by atoms with Crippen molar-refractivity contribution in [3.05, 3.63) is 36.9 Å². The number of nitrogens with zero attached hydrogens (tertiary/aromatic N) is 2. The number of rotatable bonds is 4. The zero-order valence-corrected chi connectivity index (χ0v) is 12.0. The number of benzene rings is 1. The quantitative estimate of drug-likeness (QED) is 0.875. The summed E-state index contributed by atoms with van der Waals surface area (Å²) in [6, 6.07) is 8.81. The number of hydrogen-bond donors (Lipinski definition) is 1. The zero-order valence-electron chi connectivity index (χ0n) is 12.0. The minimum absolute atomic E-state index is 0.523. The summed E-state index contributed by atoms with van der Waals surface area (Å²) in [4.78, 5) is 6.26. The first-order valence-electron chi connectivity index (χ1n) is 7.26. The fourth-order valence-corrected chi connectivity index (χ4v) is 2.69. The molecular weight excluding hydrogens is 262 g/mol. The molecule has 1 saturated heterocycles. The van der Waals surface area contributed by atoms with E-state index in [0.717, 1.165) is 49.5 Å². The van der Waals surface area contributed by atoms with Gasteiger partial charge in [-0.1, -0.05) is 5.92 Å². The Morgan fingerprint density at radius 1 is 1.29 bits per heavy atom. The Morgan fingerprint density at radius 2 is 2.05 bits per heavy atom. The maximum atomic E-state index is 5.35. The minimum atomic E-state index is 0.523. The number of oxazole rings is 1. The topological polar surface area (TPSA) is 41.3 Å². The van der Waals surface area contributed by atoms with Crippen molar-refractivity contribution in [1.29, 1.82) is 0 Å². The van der Waals surface area contributed by atoms with E-state index in [1.165, 1.54) is 6.39 Å². The Hall–Kier alpha value is -2.25. The maximum Gasteiger partial charge on any atom is 0.181 e. The summed E-state index contributed by atoms with van der Waals surface area (Å²) in [6.45, 7) is 2.90. The molecule has 108 valence electrons. The average molecular weight is 281 g/mol. The molecule has 2 aromatic rings. The Kier molecular flexibility index (Phi) is 4.23. The van der Waals surface area contributed by atoms with Gasteiger partial charge in [-0.25, -0.2) is 4.98 Å². The van der Waals surface area contributed by atoms with Crippen LogP contribution < -0.4 is 5.32 Å². The molecule has 4 nitrogen and oxygen atoms in total. The van der Waals surface area contributed by atoms with Crippen LogP contribution in [-0.4, -0.2) is 35.6 Å². The summed E-state index contributed by atoms with van der Waals surface area (Å²) < 4.78 is 5.29. The zero-order chi connectivity index (χ0) is 14.5. The van der Waals surface area contributed by atoms with E-state index < -0.39 is 0 Å². The molecule has 4 heteroatoms. The molecule has 0 radical (unpaired) electrons. The summed E-state index contributed by atoms with van der Waals surface area (Å²) in [5, 5.41) is 3.59. The fourth-order valence-electron chi connectivity index (χ4n) is 2.69. The third-order valence-corrected chi connectivity index (χ3v) is 3.88. The Labute approximate surface area is 125 Å². The SMILES string of the molecule is C#CCN1CCC(Nc2ccc(-c3cnco3)cc2)CC1. The highest BCUT2D eigenvalue weighted by Gasteiger charge is 2.18. The van der Waals surface area contributed by atoms with E-state index in [4.69, 9.17) is 10.8 Å². The van der Waals surface area contributed by atoms with Gasteiger partial charge in [-0.15, -0.1) is 6.42 Å². The third-order valence-electron chi connectivity index (χ3n) is 3.88. The molecule has 0 bridgehead atoms. The maximum absolute atomic E-state index is 5.35. The van der Waals surface area contributed by atoms with Crippen LogP contribution in [-0.2, 0) is 0 Å². The Morgan fingerprint density at radius 3 is 2.67 bits per heavy atom. The van der Waals surface area contributed by atoms with Gasteiger partial charge < -0.3 is 9.73 Å². The molecule has 1 aliphatic heterocycles. The van der Waals surface area contributed by atoms with Gasteiger partial charge in [0, 0.05) is 30.4 Å².